The van der Waals surface area contributed by atoms with Gasteiger partial charge in [0.15, 0.2) is 0 Å². The first-order valence-electron chi connectivity index (χ1n) is 12.4. The van der Waals surface area contributed by atoms with E-state index in [4.69, 9.17) is 21.1 Å². The molecule has 40 heavy (non-hydrogen) atoms. The summed E-state index contributed by atoms with van der Waals surface area (Å²) in [5, 5.41) is 6.36. The van der Waals surface area contributed by atoms with Crippen molar-refractivity contribution in [2.24, 2.45) is 0 Å². The summed E-state index contributed by atoms with van der Waals surface area (Å²) in [4.78, 5) is 20.4. The molecule has 0 fully saturated rings. The normalized spacial score (nSPS) is 10.7. The third kappa shape index (κ3) is 8.72. The summed E-state index contributed by atoms with van der Waals surface area (Å²) in [6.07, 6.45) is 2.56. The predicted molar refractivity (Wildman–Crippen MR) is 153 cm³/mol. The maximum Gasteiger partial charge on any atom is 0.407 e. The lowest BCUT2D eigenvalue weighted by atomic mass is 10.1. The predicted octanol–water partition coefficient (Wildman–Crippen LogP) is 7.02. The van der Waals surface area contributed by atoms with Crippen molar-refractivity contribution in [3.05, 3.63) is 112 Å². The maximum absolute atomic E-state index is 13.4. The summed E-state index contributed by atoms with van der Waals surface area (Å²) in [7, 11) is 0. The maximum atomic E-state index is 13.4. The lowest BCUT2D eigenvalue weighted by Gasteiger charge is -2.19. The Balaban J connectivity index is 1.41. The van der Waals surface area contributed by atoms with Crippen molar-refractivity contribution in [2.75, 3.05) is 5.32 Å². The Morgan fingerprint density at radius 3 is 2.52 bits per heavy atom. The minimum absolute atomic E-state index is 0.126. The van der Waals surface area contributed by atoms with E-state index in [-0.39, 0.29) is 24.6 Å². The number of aromatic nitrogens is 2. The summed E-state index contributed by atoms with van der Waals surface area (Å²) >= 11 is 6.43. The van der Waals surface area contributed by atoms with E-state index >= 15 is 0 Å². The van der Waals surface area contributed by atoms with Crippen molar-refractivity contribution >= 4 is 29.2 Å². The fraction of sp³-hybridized carbons (Fsp3) is 0.194. The second kappa shape index (κ2) is 13.0. The van der Waals surface area contributed by atoms with Gasteiger partial charge >= 0.3 is 6.09 Å². The second-order valence-corrected chi connectivity index (χ2v) is 10.3. The van der Waals surface area contributed by atoms with Gasteiger partial charge in [-0.25, -0.2) is 19.2 Å². The van der Waals surface area contributed by atoms with Gasteiger partial charge in [-0.2, -0.15) is 0 Å². The van der Waals surface area contributed by atoms with Crippen LogP contribution in [0.4, 0.5) is 20.7 Å². The zero-order valence-corrected chi connectivity index (χ0v) is 23.1. The number of hydrogen-bond acceptors (Lipinski definition) is 6. The highest BCUT2D eigenvalue weighted by atomic mass is 35.5. The van der Waals surface area contributed by atoms with Crippen LogP contribution in [0.25, 0.3) is 0 Å². The van der Waals surface area contributed by atoms with Crippen molar-refractivity contribution in [1.29, 1.82) is 0 Å². The number of amides is 1. The number of nitrogens with one attached hydrogen (secondary N) is 2. The molecule has 0 atom stereocenters. The van der Waals surface area contributed by atoms with E-state index in [0.717, 1.165) is 11.1 Å². The molecule has 0 radical (unpaired) electrons. The SMILES string of the molecule is CC(C)(C)NC(=O)OCc1cccc(C#Cc2cncnc2Nc2ccc(OCc3cccc(F)c3)c(Cl)c2)c1. The minimum atomic E-state index is -0.479. The number of anilines is 2. The molecule has 0 unspecified atom stereocenters. The van der Waals surface area contributed by atoms with Crippen LogP contribution >= 0.6 is 11.6 Å². The molecule has 204 valence electrons. The summed E-state index contributed by atoms with van der Waals surface area (Å²) in [5.41, 5.74) is 3.14. The molecule has 4 rings (SSSR count). The van der Waals surface area contributed by atoms with Gasteiger partial charge in [0.25, 0.3) is 0 Å². The molecule has 0 aliphatic heterocycles. The molecule has 4 aromatic rings. The molecule has 0 bridgehead atoms. The Labute approximate surface area is 237 Å². The first kappa shape index (κ1) is 28.4. The minimum Gasteiger partial charge on any atom is -0.487 e. The summed E-state index contributed by atoms with van der Waals surface area (Å²) in [6, 6.07) is 18.9. The number of carbonyl (C=O) groups excluding carboxylic acids is 1. The average molecular weight is 559 g/mol. The Morgan fingerprint density at radius 1 is 1.00 bits per heavy atom. The molecule has 1 heterocycles. The molecule has 7 nitrogen and oxygen atoms in total. The summed E-state index contributed by atoms with van der Waals surface area (Å²) < 4.78 is 24.5. The summed E-state index contributed by atoms with van der Waals surface area (Å²) in [6.45, 7) is 5.97. The van der Waals surface area contributed by atoms with Crippen LogP contribution in [0.3, 0.4) is 0 Å². The van der Waals surface area contributed by atoms with E-state index in [1.807, 2.05) is 45.0 Å². The number of hydrogen-bond donors (Lipinski definition) is 2. The monoisotopic (exact) mass is 558 g/mol. The van der Waals surface area contributed by atoms with Crippen LogP contribution in [0.1, 0.15) is 43.0 Å². The highest BCUT2D eigenvalue weighted by Gasteiger charge is 2.14. The van der Waals surface area contributed by atoms with Gasteiger partial charge in [-0.3, -0.25) is 0 Å². The highest BCUT2D eigenvalue weighted by Crippen LogP contribution is 2.30. The molecule has 1 aromatic heterocycles. The summed E-state index contributed by atoms with van der Waals surface area (Å²) in [5.74, 6) is 6.86. The van der Waals surface area contributed by atoms with Gasteiger partial charge in [-0.05, 0) is 74.4 Å². The molecule has 0 aliphatic rings. The Morgan fingerprint density at radius 2 is 1.77 bits per heavy atom. The van der Waals surface area contributed by atoms with E-state index in [1.165, 1.54) is 18.5 Å². The first-order valence-corrected chi connectivity index (χ1v) is 12.8. The zero-order chi connectivity index (χ0) is 28.5. The van der Waals surface area contributed by atoms with E-state index in [0.29, 0.717) is 33.4 Å². The number of benzene rings is 3. The first-order chi connectivity index (χ1) is 19.1. The van der Waals surface area contributed by atoms with Crippen LogP contribution in [-0.4, -0.2) is 21.6 Å². The molecule has 0 saturated carbocycles. The standard InChI is InChI=1S/C31H28ClFN4O3/c1-31(2,3)37-30(38)40-19-22-7-4-6-21(14-22)10-11-24-17-34-20-35-29(24)36-26-12-13-28(27(32)16-26)39-18-23-8-5-9-25(33)15-23/h4-9,12-17,20H,18-19H2,1-3H3,(H,37,38)(H,34,35,36). The molecular weight excluding hydrogens is 531 g/mol. The highest BCUT2D eigenvalue weighted by molar-refractivity contribution is 6.32. The molecule has 9 heteroatoms. The van der Waals surface area contributed by atoms with Gasteiger partial charge in [-0.1, -0.05) is 47.7 Å². The number of carbonyl (C=O) groups is 1. The van der Waals surface area contributed by atoms with Crippen LogP contribution in [0.2, 0.25) is 5.02 Å². The third-order valence-corrected chi connectivity index (χ3v) is 5.60. The smallest absolute Gasteiger partial charge is 0.407 e. The Bertz CT molecular complexity index is 1560. The van der Waals surface area contributed by atoms with Crippen molar-refractivity contribution in [2.45, 2.75) is 39.5 Å². The average Bonchev–Trinajstić information content (AvgIpc) is 2.90. The largest absolute Gasteiger partial charge is 0.487 e. The third-order valence-electron chi connectivity index (χ3n) is 5.31. The van der Waals surface area contributed by atoms with Gasteiger partial charge < -0.3 is 20.1 Å². The van der Waals surface area contributed by atoms with Crippen LogP contribution in [0, 0.1) is 17.7 Å². The van der Waals surface area contributed by atoms with Crippen LogP contribution in [-0.2, 0) is 18.0 Å². The molecular formula is C31H28ClFN4O3. The second-order valence-electron chi connectivity index (χ2n) is 9.88. The van der Waals surface area contributed by atoms with Crippen molar-refractivity contribution in [3.63, 3.8) is 0 Å². The Hall–Kier alpha value is -4.61. The molecule has 1 amide bonds. The van der Waals surface area contributed by atoms with E-state index in [1.54, 1.807) is 36.5 Å². The fourth-order valence-corrected chi connectivity index (χ4v) is 3.75. The van der Waals surface area contributed by atoms with Crippen molar-refractivity contribution in [1.82, 2.24) is 15.3 Å². The molecule has 0 aliphatic carbocycles. The molecule has 2 N–H and O–H groups in total. The van der Waals surface area contributed by atoms with Crippen LogP contribution in [0.15, 0.2) is 79.3 Å². The topological polar surface area (TPSA) is 85.4 Å². The molecule has 3 aromatic carbocycles. The van der Waals surface area contributed by atoms with E-state index < -0.39 is 6.09 Å². The lowest BCUT2D eigenvalue weighted by Crippen LogP contribution is -2.40. The molecule has 0 spiro atoms. The van der Waals surface area contributed by atoms with Crippen LogP contribution < -0.4 is 15.4 Å². The molecule has 0 saturated heterocycles. The van der Waals surface area contributed by atoms with Crippen molar-refractivity contribution < 1.29 is 18.7 Å². The van der Waals surface area contributed by atoms with Gasteiger partial charge in [0.05, 0.1) is 10.6 Å². The zero-order valence-electron chi connectivity index (χ0n) is 22.3. The quantitative estimate of drug-likeness (QED) is 0.237. The van der Waals surface area contributed by atoms with Gasteiger partial charge in [-0.15, -0.1) is 0 Å². The van der Waals surface area contributed by atoms with Gasteiger partial charge in [0.2, 0.25) is 0 Å². The number of rotatable bonds is 7. The number of nitrogens with zero attached hydrogens (tertiary/aromatic N) is 2. The number of halogens is 2. The number of ether oxygens (including phenoxy) is 2. The Kier molecular flexibility index (Phi) is 9.20. The van der Waals surface area contributed by atoms with Crippen molar-refractivity contribution in [3.8, 4) is 17.6 Å². The fourth-order valence-electron chi connectivity index (χ4n) is 3.51. The van der Waals surface area contributed by atoms with E-state index in [9.17, 15) is 9.18 Å². The van der Waals surface area contributed by atoms with Gasteiger partial charge in [0, 0.05) is 23.0 Å². The lowest BCUT2D eigenvalue weighted by molar-refractivity contribution is 0.131. The van der Waals surface area contributed by atoms with E-state index in [2.05, 4.69) is 32.4 Å². The number of alkyl carbamates (subject to hydrolysis) is 1. The van der Waals surface area contributed by atoms with Crippen LogP contribution in [0.5, 0.6) is 5.75 Å². The van der Waals surface area contributed by atoms with Gasteiger partial charge in [0.1, 0.15) is 36.9 Å².